The third-order valence-electron chi connectivity index (χ3n) is 3.06. The van der Waals surface area contributed by atoms with Crippen LogP contribution in [0.2, 0.25) is 0 Å². The molecule has 0 bridgehead atoms. The second kappa shape index (κ2) is 4.53. The molecule has 1 aromatic rings. The molecule has 1 atom stereocenters. The molecule has 2 rings (SSSR count). The number of carboxylic acids is 1. The summed E-state index contributed by atoms with van der Waals surface area (Å²) in [6.45, 7) is 2.70. The molecule has 0 radical (unpaired) electrons. The Balaban J connectivity index is 2.08. The number of amides is 1. The summed E-state index contributed by atoms with van der Waals surface area (Å²) < 4.78 is 0. The normalized spacial score (nSPS) is 19.7. The van der Waals surface area contributed by atoms with Crippen molar-refractivity contribution in [1.82, 2.24) is 9.88 Å². The lowest BCUT2D eigenvalue weighted by molar-refractivity contribution is -0.141. The van der Waals surface area contributed by atoms with Crippen LogP contribution in [-0.2, 0) is 16.1 Å². The van der Waals surface area contributed by atoms with E-state index in [-0.39, 0.29) is 12.3 Å². The zero-order valence-corrected chi connectivity index (χ0v) is 9.59. The average molecular weight is 234 g/mol. The van der Waals surface area contributed by atoms with Gasteiger partial charge in [-0.2, -0.15) is 0 Å². The van der Waals surface area contributed by atoms with Gasteiger partial charge in [-0.3, -0.25) is 14.6 Å². The van der Waals surface area contributed by atoms with Crippen molar-refractivity contribution in [1.29, 1.82) is 0 Å². The Hall–Kier alpha value is -1.91. The van der Waals surface area contributed by atoms with Crippen molar-refractivity contribution in [3.05, 3.63) is 29.6 Å². The molecule has 1 N–H and O–H groups in total. The fourth-order valence-electron chi connectivity index (χ4n) is 1.98. The van der Waals surface area contributed by atoms with E-state index in [0.717, 1.165) is 11.1 Å². The summed E-state index contributed by atoms with van der Waals surface area (Å²) in [6, 6.07) is 1.86. The van der Waals surface area contributed by atoms with Crippen molar-refractivity contribution < 1.29 is 14.7 Å². The van der Waals surface area contributed by atoms with Gasteiger partial charge in [0.05, 0.1) is 5.92 Å². The Morgan fingerprint density at radius 1 is 1.65 bits per heavy atom. The zero-order chi connectivity index (χ0) is 12.4. The molecule has 5 nitrogen and oxygen atoms in total. The average Bonchev–Trinajstić information content (AvgIpc) is 2.64. The van der Waals surface area contributed by atoms with Crippen LogP contribution in [0.15, 0.2) is 18.5 Å². The van der Waals surface area contributed by atoms with E-state index in [2.05, 4.69) is 4.98 Å². The van der Waals surface area contributed by atoms with Crippen molar-refractivity contribution >= 4 is 11.9 Å². The maximum Gasteiger partial charge on any atom is 0.308 e. The van der Waals surface area contributed by atoms with Gasteiger partial charge in [0.25, 0.3) is 0 Å². The Bertz CT molecular complexity index is 459. The molecule has 2 heterocycles. The number of aliphatic carboxylic acids is 1. The van der Waals surface area contributed by atoms with Gasteiger partial charge in [0.2, 0.25) is 5.91 Å². The minimum atomic E-state index is -0.896. The molecule has 0 aromatic carbocycles. The van der Waals surface area contributed by atoms with Gasteiger partial charge >= 0.3 is 5.97 Å². The van der Waals surface area contributed by atoms with E-state index in [1.54, 1.807) is 17.3 Å². The van der Waals surface area contributed by atoms with E-state index in [1.165, 1.54) is 0 Å². The van der Waals surface area contributed by atoms with Gasteiger partial charge in [0.1, 0.15) is 0 Å². The smallest absolute Gasteiger partial charge is 0.308 e. The Kier molecular flexibility index (Phi) is 3.08. The van der Waals surface area contributed by atoms with Crippen LogP contribution in [0.4, 0.5) is 0 Å². The molecule has 0 spiro atoms. The highest BCUT2D eigenvalue weighted by Crippen LogP contribution is 2.21. The van der Waals surface area contributed by atoms with Gasteiger partial charge < -0.3 is 10.0 Å². The maximum absolute atomic E-state index is 11.7. The summed E-state index contributed by atoms with van der Waals surface area (Å²) in [5.41, 5.74) is 2.03. The lowest BCUT2D eigenvalue weighted by atomic mass is 10.1. The first-order chi connectivity index (χ1) is 8.08. The molecule has 1 saturated heterocycles. The number of aryl methyl sites for hydroxylation is 1. The Labute approximate surface area is 99.1 Å². The predicted molar refractivity (Wildman–Crippen MR) is 60.1 cm³/mol. The number of nitrogens with zero attached hydrogens (tertiary/aromatic N) is 2. The number of hydrogen-bond donors (Lipinski definition) is 1. The molecular formula is C12H14N2O3. The van der Waals surface area contributed by atoms with Crippen LogP contribution in [0.5, 0.6) is 0 Å². The minimum Gasteiger partial charge on any atom is -0.481 e. The highest BCUT2D eigenvalue weighted by molar-refractivity contribution is 5.86. The van der Waals surface area contributed by atoms with Crippen molar-refractivity contribution in [2.24, 2.45) is 5.92 Å². The fourth-order valence-corrected chi connectivity index (χ4v) is 1.98. The third-order valence-corrected chi connectivity index (χ3v) is 3.06. The monoisotopic (exact) mass is 234 g/mol. The van der Waals surface area contributed by atoms with Crippen LogP contribution >= 0.6 is 0 Å². The first-order valence-corrected chi connectivity index (χ1v) is 5.48. The minimum absolute atomic E-state index is 0.0892. The Morgan fingerprint density at radius 2 is 2.41 bits per heavy atom. The fraction of sp³-hybridized carbons (Fsp3) is 0.417. The van der Waals surface area contributed by atoms with E-state index in [1.807, 2.05) is 13.0 Å². The summed E-state index contributed by atoms with van der Waals surface area (Å²) in [4.78, 5) is 28.1. The molecule has 17 heavy (non-hydrogen) atoms. The van der Waals surface area contributed by atoms with Crippen LogP contribution in [0.1, 0.15) is 17.5 Å². The topological polar surface area (TPSA) is 70.5 Å². The van der Waals surface area contributed by atoms with E-state index in [4.69, 9.17) is 5.11 Å². The molecule has 1 amide bonds. The van der Waals surface area contributed by atoms with Gasteiger partial charge in [-0.05, 0) is 24.1 Å². The molecule has 1 unspecified atom stereocenters. The lowest BCUT2D eigenvalue weighted by Crippen LogP contribution is -2.26. The number of rotatable bonds is 3. The van der Waals surface area contributed by atoms with Gasteiger partial charge in [0.15, 0.2) is 0 Å². The standard InChI is InChI=1S/C12H14N2O3/c1-8-5-13-3-2-9(8)6-14-7-10(12(16)17)4-11(14)15/h2-3,5,10H,4,6-7H2,1H3,(H,16,17). The molecule has 0 saturated carbocycles. The number of pyridine rings is 1. The van der Waals surface area contributed by atoms with Crippen molar-refractivity contribution in [2.45, 2.75) is 19.9 Å². The number of aromatic nitrogens is 1. The van der Waals surface area contributed by atoms with Crippen LogP contribution in [0.3, 0.4) is 0 Å². The second-order valence-corrected chi connectivity index (χ2v) is 4.32. The van der Waals surface area contributed by atoms with Gasteiger partial charge in [-0.15, -0.1) is 0 Å². The molecule has 0 aliphatic carbocycles. The highest BCUT2D eigenvalue weighted by atomic mass is 16.4. The van der Waals surface area contributed by atoms with Crippen LogP contribution < -0.4 is 0 Å². The summed E-state index contributed by atoms with van der Waals surface area (Å²) in [5.74, 6) is -1.55. The summed E-state index contributed by atoms with van der Waals surface area (Å²) in [5, 5.41) is 8.88. The van der Waals surface area contributed by atoms with Crippen LogP contribution in [-0.4, -0.2) is 33.4 Å². The zero-order valence-electron chi connectivity index (χ0n) is 9.59. The third kappa shape index (κ3) is 2.43. The maximum atomic E-state index is 11.7. The predicted octanol–water partition coefficient (Wildman–Crippen LogP) is 0.823. The highest BCUT2D eigenvalue weighted by Gasteiger charge is 2.34. The summed E-state index contributed by atoms with van der Waals surface area (Å²) in [6.07, 6.45) is 3.53. The molecule has 5 heteroatoms. The quantitative estimate of drug-likeness (QED) is 0.840. The first kappa shape index (κ1) is 11.6. The summed E-state index contributed by atoms with van der Waals surface area (Å²) >= 11 is 0. The molecule has 90 valence electrons. The first-order valence-electron chi connectivity index (χ1n) is 5.48. The van der Waals surface area contributed by atoms with Gasteiger partial charge in [0, 0.05) is 31.9 Å². The number of likely N-dealkylation sites (tertiary alicyclic amines) is 1. The molecule has 1 fully saturated rings. The van der Waals surface area contributed by atoms with Crippen molar-refractivity contribution in [2.75, 3.05) is 6.54 Å². The van der Waals surface area contributed by atoms with E-state index >= 15 is 0 Å². The molecule has 1 aromatic heterocycles. The van der Waals surface area contributed by atoms with Crippen LogP contribution in [0, 0.1) is 12.8 Å². The van der Waals surface area contributed by atoms with E-state index in [0.29, 0.717) is 13.1 Å². The SMILES string of the molecule is Cc1cnccc1CN1CC(C(=O)O)CC1=O. The van der Waals surface area contributed by atoms with E-state index < -0.39 is 11.9 Å². The second-order valence-electron chi connectivity index (χ2n) is 4.32. The van der Waals surface area contributed by atoms with Gasteiger partial charge in [-0.1, -0.05) is 0 Å². The summed E-state index contributed by atoms with van der Waals surface area (Å²) in [7, 11) is 0. The molecule has 1 aliphatic rings. The number of carbonyl (C=O) groups is 2. The van der Waals surface area contributed by atoms with Crippen LogP contribution in [0.25, 0.3) is 0 Å². The van der Waals surface area contributed by atoms with Crippen molar-refractivity contribution in [3.63, 3.8) is 0 Å². The number of carbonyl (C=O) groups excluding carboxylic acids is 1. The Morgan fingerprint density at radius 3 is 3.00 bits per heavy atom. The van der Waals surface area contributed by atoms with Gasteiger partial charge in [-0.25, -0.2) is 0 Å². The molecular weight excluding hydrogens is 220 g/mol. The molecule has 1 aliphatic heterocycles. The number of carboxylic acid groups (broad SMARTS) is 1. The number of hydrogen-bond acceptors (Lipinski definition) is 3. The largest absolute Gasteiger partial charge is 0.481 e. The van der Waals surface area contributed by atoms with Crippen molar-refractivity contribution in [3.8, 4) is 0 Å². The lowest BCUT2D eigenvalue weighted by Gasteiger charge is -2.17. The van der Waals surface area contributed by atoms with E-state index in [9.17, 15) is 9.59 Å².